The number of rotatable bonds is 8. The van der Waals surface area contributed by atoms with Crippen molar-refractivity contribution in [1.82, 2.24) is 0 Å². The molecule has 0 amide bonds. The van der Waals surface area contributed by atoms with Crippen LogP contribution in [0.15, 0.2) is 0 Å². The average molecular weight is 236 g/mol. The lowest BCUT2D eigenvalue weighted by molar-refractivity contribution is 0.110. The average Bonchev–Trinajstić information content (AvgIpc) is 3.08. The molecule has 1 fully saturated rings. The fourth-order valence-corrected chi connectivity index (χ4v) is 3.30. The lowest BCUT2D eigenvalue weighted by Crippen LogP contribution is -2.42. The van der Waals surface area contributed by atoms with E-state index in [-0.39, 0.29) is 12.2 Å². The van der Waals surface area contributed by atoms with Gasteiger partial charge in [0, 0.05) is 27.4 Å². The van der Waals surface area contributed by atoms with Crippen LogP contribution in [0, 0.1) is 0 Å². The van der Waals surface area contributed by atoms with Gasteiger partial charge in [0.1, 0.15) is 6.10 Å². The van der Waals surface area contributed by atoms with Gasteiger partial charge in [-0.3, -0.25) is 0 Å². The lowest BCUT2D eigenvalue weighted by atomic mass is 10.2. The van der Waals surface area contributed by atoms with Crippen LogP contribution < -0.4 is 0 Å². The van der Waals surface area contributed by atoms with Gasteiger partial charge in [0.15, 0.2) is 0 Å². The van der Waals surface area contributed by atoms with Crippen molar-refractivity contribution in [3.05, 3.63) is 0 Å². The summed E-state index contributed by atoms with van der Waals surface area (Å²) in [6.45, 7) is 0.683. The fourth-order valence-electron chi connectivity index (χ4n) is 1.55. The Kier molecular flexibility index (Phi) is 5.17. The molecule has 0 aliphatic carbocycles. The zero-order chi connectivity index (χ0) is 11.3. The van der Waals surface area contributed by atoms with Crippen molar-refractivity contribution >= 4 is 8.80 Å². The van der Waals surface area contributed by atoms with Crippen molar-refractivity contribution in [2.75, 3.05) is 27.9 Å². The SMILES string of the molecule is CO[Si](CCCC(O)C1CO1)(OC)OC. The van der Waals surface area contributed by atoms with E-state index in [1.807, 2.05) is 0 Å². The van der Waals surface area contributed by atoms with Crippen molar-refractivity contribution in [2.24, 2.45) is 0 Å². The van der Waals surface area contributed by atoms with Crippen molar-refractivity contribution in [2.45, 2.75) is 31.1 Å². The largest absolute Gasteiger partial charge is 0.500 e. The molecule has 0 spiro atoms. The van der Waals surface area contributed by atoms with Crippen molar-refractivity contribution < 1.29 is 23.1 Å². The molecular formula is C9H20O5Si. The van der Waals surface area contributed by atoms with Crippen molar-refractivity contribution in [1.29, 1.82) is 0 Å². The van der Waals surface area contributed by atoms with Crippen LogP contribution in [0.1, 0.15) is 12.8 Å². The van der Waals surface area contributed by atoms with Crippen LogP contribution in [-0.2, 0) is 18.0 Å². The van der Waals surface area contributed by atoms with E-state index in [2.05, 4.69) is 0 Å². The van der Waals surface area contributed by atoms with Crippen LogP contribution in [0.5, 0.6) is 0 Å². The zero-order valence-corrected chi connectivity index (χ0v) is 10.6. The van der Waals surface area contributed by atoms with Gasteiger partial charge in [-0.1, -0.05) is 0 Å². The van der Waals surface area contributed by atoms with Crippen LogP contribution in [-0.4, -0.2) is 54.1 Å². The number of epoxide rings is 1. The molecular weight excluding hydrogens is 216 g/mol. The maximum absolute atomic E-state index is 9.57. The minimum atomic E-state index is -2.45. The third-order valence-corrected chi connectivity index (χ3v) is 5.54. The topological polar surface area (TPSA) is 60.5 Å². The molecule has 6 heteroatoms. The van der Waals surface area contributed by atoms with Gasteiger partial charge >= 0.3 is 8.80 Å². The van der Waals surface area contributed by atoms with Crippen molar-refractivity contribution in [3.63, 3.8) is 0 Å². The maximum atomic E-state index is 9.57. The second-order valence-electron chi connectivity index (χ2n) is 3.63. The van der Waals surface area contributed by atoms with Crippen molar-refractivity contribution in [3.8, 4) is 0 Å². The van der Waals surface area contributed by atoms with E-state index in [1.165, 1.54) is 0 Å². The lowest BCUT2D eigenvalue weighted by Gasteiger charge is -2.24. The summed E-state index contributed by atoms with van der Waals surface area (Å²) in [5, 5.41) is 9.57. The van der Waals surface area contributed by atoms with E-state index < -0.39 is 8.80 Å². The first kappa shape index (κ1) is 13.1. The molecule has 1 N–H and O–H groups in total. The highest BCUT2D eigenvalue weighted by Gasteiger charge is 2.38. The van der Waals surface area contributed by atoms with Crippen LogP contribution in [0.4, 0.5) is 0 Å². The number of aliphatic hydroxyl groups excluding tert-OH is 1. The Morgan fingerprint density at radius 2 is 1.87 bits per heavy atom. The highest BCUT2D eigenvalue weighted by Crippen LogP contribution is 2.22. The molecule has 1 aliphatic heterocycles. The first-order valence-corrected chi connectivity index (χ1v) is 7.05. The summed E-state index contributed by atoms with van der Waals surface area (Å²) in [6.07, 6.45) is 1.22. The summed E-state index contributed by atoms with van der Waals surface area (Å²) in [6, 6.07) is 0.722. The Labute approximate surface area is 91.7 Å². The first-order chi connectivity index (χ1) is 7.17. The summed E-state index contributed by atoms with van der Waals surface area (Å²) >= 11 is 0. The van der Waals surface area contributed by atoms with Gasteiger partial charge < -0.3 is 23.1 Å². The zero-order valence-electron chi connectivity index (χ0n) is 9.56. The first-order valence-electron chi connectivity index (χ1n) is 5.12. The summed E-state index contributed by atoms with van der Waals surface area (Å²) < 4.78 is 20.8. The van der Waals surface area contributed by atoms with Gasteiger partial charge in [0.05, 0.1) is 12.7 Å². The number of hydrogen-bond acceptors (Lipinski definition) is 5. The van der Waals surface area contributed by atoms with E-state index in [4.69, 9.17) is 18.0 Å². The minimum Gasteiger partial charge on any atom is -0.390 e. The molecule has 1 heterocycles. The second-order valence-corrected chi connectivity index (χ2v) is 6.72. The second kappa shape index (κ2) is 5.93. The normalized spacial score (nSPS) is 22.8. The molecule has 15 heavy (non-hydrogen) atoms. The molecule has 2 unspecified atom stereocenters. The van der Waals surface area contributed by atoms with E-state index in [1.54, 1.807) is 21.3 Å². The fraction of sp³-hybridized carbons (Fsp3) is 1.00. The molecule has 5 nitrogen and oxygen atoms in total. The molecule has 0 radical (unpaired) electrons. The highest BCUT2D eigenvalue weighted by atomic mass is 28.4. The predicted octanol–water partition coefficient (Wildman–Crippen LogP) is 0.404. The summed E-state index contributed by atoms with van der Waals surface area (Å²) in [5.74, 6) is 0. The Bertz CT molecular complexity index is 173. The molecule has 0 aromatic rings. The van der Waals surface area contributed by atoms with E-state index >= 15 is 0 Å². The Balaban J connectivity index is 2.20. The van der Waals surface area contributed by atoms with Gasteiger partial charge in [0.25, 0.3) is 0 Å². The van der Waals surface area contributed by atoms with Crippen LogP contribution in [0.2, 0.25) is 6.04 Å². The monoisotopic (exact) mass is 236 g/mol. The Hall–Kier alpha value is 0.0169. The van der Waals surface area contributed by atoms with E-state index in [9.17, 15) is 5.11 Å². The van der Waals surface area contributed by atoms with Gasteiger partial charge in [-0.25, -0.2) is 0 Å². The van der Waals surface area contributed by atoms with Crippen LogP contribution >= 0.6 is 0 Å². The van der Waals surface area contributed by atoms with Gasteiger partial charge in [0.2, 0.25) is 0 Å². The molecule has 90 valence electrons. The van der Waals surface area contributed by atoms with Gasteiger partial charge in [-0.05, 0) is 12.8 Å². The number of ether oxygens (including phenoxy) is 1. The minimum absolute atomic E-state index is 0.0497. The number of aliphatic hydroxyl groups is 1. The molecule has 0 aromatic carbocycles. The summed E-state index contributed by atoms with van der Waals surface area (Å²) in [5.41, 5.74) is 0. The molecule has 0 bridgehead atoms. The smallest absolute Gasteiger partial charge is 0.390 e. The molecule has 1 saturated heterocycles. The highest BCUT2D eigenvalue weighted by molar-refractivity contribution is 6.60. The van der Waals surface area contributed by atoms with Crippen LogP contribution in [0.25, 0.3) is 0 Å². The summed E-state index contributed by atoms with van der Waals surface area (Å²) in [4.78, 5) is 0. The predicted molar refractivity (Wildman–Crippen MR) is 56.6 cm³/mol. The molecule has 0 aromatic heterocycles. The quantitative estimate of drug-likeness (QED) is 0.488. The Morgan fingerprint density at radius 1 is 1.33 bits per heavy atom. The maximum Gasteiger partial charge on any atom is 0.500 e. The summed E-state index contributed by atoms with van der Waals surface area (Å²) in [7, 11) is 2.34. The third-order valence-electron chi connectivity index (χ3n) is 2.70. The molecule has 2 atom stereocenters. The van der Waals surface area contributed by atoms with E-state index in [0.29, 0.717) is 13.0 Å². The Morgan fingerprint density at radius 3 is 2.27 bits per heavy atom. The van der Waals surface area contributed by atoms with Crippen LogP contribution in [0.3, 0.4) is 0 Å². The number of hydrogen-bond donors (Lipinski definition) is 1. The third kappa shape index (κ3) is 3.82. The van der Waals surface area contributed by atoms with E-state index in [0.717, 1.165) is 12.5 Å². The standard InChI is InChI=1S/C9H20O5Si/c1-11-15(12-2,13-3)6-4-5-8(10)9-7-14-9/h8-10H,4-7H2,1-3H3. The molecule has 0 saturated carbocycles. The van der Waals surface area contributed by atoms with Gasteiger partial charge in [-0.2, -0.15) is 0 Å². The van der Waals surface area contributed by atoms with Gasteiger partial charge in [-0.15, -0.1) is 0 Å². The molecule has 1 rings (SSSR count). The molecule has 1 aliphatic rings.